The number of aryl methyl sites for hydroxylation is 2. The first-order valence-electron chi connectivity index (χ1n) is 5.71. The smallest absolute Gasteiger partial charge is 0.128 e. The van der Waals surface area contributed by atoms with E-state index in [1.165, 1.54) is 17.2 Å². The van der Waals surface area contributed by atoms with Crippen molar-refractivity contribution in [1.29, 1.82) is 0 Å². The zero-order chi connectivity index (χ0) is 12.3. The normalized spacial score (nSPS) is 10.3. The van der Waals surface area contributed by atoms with E-state index >= 15 is 0 Å². The highest BCUT2D eigenvalue weighted by atomic mass is 19.1. The second-order valence-electron chi connectivity index (χ2n) is 4.31. The zero-order valence-electron chi connectivity index (χ0n) is 10.1. The fraction of sp³-hybridized carbons (Fsp3) is 0.200. The van der Waals surface area contributed by atoms with Gasteiger partial charge in [0.15, 0.2) is 0 Å². The molecule has 17 heavy (non-hydrogen) atoms. The maximum atomic E-state index is 13.3. The lowest BCUT2D eigenvalue weighted by atomic mass is 10.1. The van der Waals surface area contributed by atoms with Crippen LogP contribution in [0.1, 0.15) is 16.7 Å². The maximum absolute atomic E-state index is 13.3. The summed E-state index contributed by atoms with van der Waals surface area (Å²) in [7, 11) is 0. The van der Waals surface area contributed by atoms with Gasteiger partial charge in [-0.2, -0.15) is 0 Å². The standard InChI is InChI=1S/C15H16FN/c1-11-4-3-5-13(8-11)10-17-14-7-6-12(2)15(16)9-14/h3-9,17H,10H2,1-2H3. The molecule has 0 radical (unpaired) electrons. The van der Waals surface area contributed by atoms with Gasteiger partial charge in [0.05, 0.1) is 0 Å². The molecule has 88 valence electrons. The summed E-state index contributed by atoms with van der Waals surface area (Å²) in [5, 5.41) is 3.22. The Balaban J connectivity index is 2.05. The van der Waals surface area contributed by atoms with Crippen LogP contribution in [0.3, 0.4) is 0 Å². The van der Waals surface area contributed by atoms with Crippen molar-refractivity contribution in [2.24, 2.45) is 0 Å². The molecule has 2 aromatic rings. The molecule has 1 N–H and O–H groups in total. The Bertz CT molecular complexity index is 520. The highest BCUT2D eigenvalue weighted by molar-refractivity contribution is 5.45. The van der Waals surface area contributed by atoms with Crippen LogP contribution >= 0.6 is 0 Å². The van der Waals surface area contributed by atoms with Gasteiger partial charge in [-0.1, -0.05) is 35.9 Å². The third-order valence-corrected chi connectivity index (χ3v) is 2.75. The second kappa shape index (κ2) is 5.00. The summed E-state index contributed by atoms with van der Waals surface area (Å²) >= 11 is 0. The SMILES string of the molecule is Cc1cccc(CNc2ccc(C)c(F)c2)c1. The Kier molecular flexibility index (Phi) is 3.43. The van der Waals surface area contributed by atoms with E-state index in [4.69, 9.17) is 0 Å². The van der Waals surface area contributed by atoms with E-state index in [0.29, 0.717) is 12.1 Å². The summed E-state index contributed by atoms with van der Waals surface area (Å²) in [6.07, 6.45) is 0. The molecule has 2 aromatic carbocycles. The first-order chi connectivity index (χ1) is 8.15. The van der Waals surface area contributed by atoms with Gasteiger partial charge < -0.3 is 5.32 Å². The molecule has 2 heteroatoms. The number of hydrogen-bond donors (Lipinski definition) is 1. The Labute approximate surface area is 101 Å². The summed E-state index contributed by atoms with van der Waals surface area (Å²) in [5.74, 6) is -0.167. The Morgan fingerprint density at radius 3 is 2.59 bits per heavy atom. The second-order valence-corrected chi connectivity index (χ2v) is 4.31. The van der Waals surface area contributed by atoms with Crippen LogP contribution in [0, 0.1) is 19.7 Å². The molecule has 0 spiro atoms. The highest BCUT2D eigenvalue weighted by Gasteiger charge is 1.99. The third kappa shape index (κ3) is 3.06. The van der Waals surface area contributed by atoms with Crippen LogP contribution in [-0.4, -0.2) is 0 Å². The molecule has 0 atom stereocenters. The molecule has 0 saturated heterocycles. The topological polar surface area (TPSA) is 12.0 Å². The monoisotopic (exact) mass is 229 g/mol. The van der Waals surface area contributed by atoms with Gasteiger partial charge in [-0.15, -0.1) is 0 Å². The van der Waals surface area contributed by atoms with Crippen molar-refractivity contribution in [3.8, 4) is 0 Å². The van der Waals surface area contributed by atoms with E-state index in [9.17, 15) is 4.39 Å². The molecule has 1 nitrogen and oxygen atoms in total. The number of benzene rings is 2. The van der Waals surface area contributed by atoms with E-state index < -0.39 is 0 Å². The largest absolute Gasteiger partial charge is 0.381 e. The Morgan fingerprint density at radius 2 is 1.88 bits per heavy atom. The molecular formula is C15H16FN. The molecule has 0 aliphatic rings. The lowest BCUT2D eigenvalue weighted by Crippen LogP contribution is -2.00. The van der Waals surface area contributed by atoms with Crippen molar-refractivity contribution in [3.05, 3.63) is 65.0 Å². The average Bonchev–Trinajstić information content (AvgIpc) is 2.31. The highest BCUT2D eigenvalue weighted by Crippen LogP contribution is 2.15. The number of nitrogens with one attached hydrogen (secondary N) is 1. The van der Waals surface area contributed by atoms with Gasteiger partial charge in [0, 0.05) is 12.2 Å². The Morgan fingerprint density at radius 1 is 1.06 bits per heavy atom. The zero-order valence-corrected chi connectivity index (χ0v) is 10.1. The van der Waals surface area contributed by atoms with Crippen LogP contribution in [0.15, 0.2) is 42.5 Å². The average molecular weight is 229 g/mol. The number of halogens is 1. The Hall–Kier alpha value is -1.83. The van der Waals surface area contributed by atoms with Crippen LogP contribution in [0.5, 0.6) is 0 Å². The minimum absolute atomic E-state index is 0.167. The molecule has 0 aliphatic carbocycles. The summed E-state index contributed by atoms with van der Waals surface area (Å²) in [6.45, 7) is 4.54. The van der Waals surface area contributed by atoms with Crippen molar-refractivity contribution in [3.63, 3.8) is 0 Å². The van der Waals surface area contributed by atoms with E-state index in [0.717, 1.165) is 5.69 Å². The predicted molar refractivity (Wildman–Crippen MR) is 69.6 cm³/mol. The van der Waals surface area contributed by atoms with E-state index in [2.05, 4.69) is 30.4 Å². The van der Waals surface area contributed by atoms with Gasteiger partial charge in [-0.05, 0) is 37.1 Å². The molecule has 0 saturated carbocycles. The summed E-state index contributed by atoms with van der Waals surface area (Å²) < 4.78 is 13.3. The van der Waals surface area contributed by atoms with Gasteiger partial charge in [0.2, 0.25) is 0 Å². The lowest BCUT2D eigenvalue weighted by molar-refractivity contribution is 0.619. The van der Waals surface area contributed by atoms with E-state index in [1.807, 2.05) is 12.1 Å². The van der Waals surface area contributed by atoms with Crippen molar-refractivity contribution in [1.82, 2.24) is 0 Å². The molecule has 0 amide bonds. The van der Waals surface area contributed by atoms with Gasteiger partial charge >= 0.3 is 0 Å². The first kappa shape index (κ1) is 11.6. The number of anilines is 1. The molecule has 0 bridgehead atoms. The van der Waals surface area contributed by atoms with Crippen LogP contribution in [-0.2, 0) is 6.54 Å². The van der Waals surface area contributed by atoms with Crippen LogP contribution in [0.2, 0.25) is 0 Å². The molecule has 0 aliphatic heterocycles. The van der Waals surface area contributed by atoms with Crippen molar-refractivity contribution < 1.29 is 4.39 Å². The van der Waals surface area contributed by atoms with Crippen LogP contribution in [0.4, 0.5) is 10.1 Å². The molecule has 0 heterocycles. The van der Waals surface area contributed by atoms with Crippen molar-refractivity contribution in [2.45, 2.75) is 20.4 Å². The van der Waals surface area contributed by atoms with E-state index in [1.54, 1.807) is 13.0 Å². The summed E-state index contributed by atoms with van der Waals surface area (Å²) in [5.41, 5.74) is 3.92. The fourth-order valence-electron chi connectivity index (χ4n) is 1.73. The fourth-order valence-corrected chi connectivity index (χ4v) is 1.73. The summed E-state index contributed by atoms with van der Waals surface area (Å²) in [4.78, 5) is 0. The minimum atomic E-state index is -0.167. The third-order valence-electron chi connectivity index (χ3n) is 2.75. The predicted octanol–water partition coefficient (Wildman–Crippen LogP) is 4.05. The maximum Gasteiger partial charge on any atom is 0.128 e. The minimum Gasteiger partial charge on any atom is -0.381 e. The van der Waals surface area contributed by atoms with Crippen molar-refractivity contribution in [2.75, 3.05) is 5.32 Å². The first-order valence-corrected chi connectivity index (χ1v) is 5.71. The number of hydrogen-bond acceptors (Lipinski definition) is 1. The molecule has 0 aromatic heterocycles. The van der Waals surface area contributed by atoms with Gasteiger partial charge in [0.1, 0.15) is 5.82 Å². The lowest BCUT2D eigenvalue weighted by Gasteiger charge is -2.08. The van der Waals surface area contributed by atoms with E-state index in [-0.39, 0.29) is 5.82 Å². The molecule has 0 unspecified atom stereocenters. The van der Waals surface area contributed by atoms with Gasteiger partial charge in [-0.3, -0.25) is 0 Å². The van der Waals surface area contributed by atoms with Gasteiger partial charge in [-0.25, -0.2) is 4.39 Å². The van der Waals surface area contributed by atoms with Crippen LogP contribution in [0.25, 0.3) is 0 Å². The molecular weight excluding hydrogens is 213 g/mol. The molecule has 2 rings (SSSR count). The summed E-state index contributed by atoms with van der Waals surface area (Å²) in [6, 6.07) is 13.5. The number of rotatable bonds is 3. The van der Waals surface area contributed by atoms with Crippen LogP contribution < -0.4 is 5.32 Å². The molecule has 0 fully saturated rings. The van der Waals surface area contributed by atoms with Crippen molar-refractivity contribution >= 4 is 5.69 Å². The van der Waals surface area contributed by atoms with Gasteiger partial charge in [0.25, 0.3) is 0 Å². The quantitative estimate of drug-likeness (QED) is 0.837.